The van der Waals surface area contributed by atoms with Crippen molar-refractivity contribution in [2.75, 3.05) is 19.3 Å². The topological polar surface area (TPSA) is 94.4 Å². The largest absolute Gasteiger partial charge is 0.444 e. The van der Waals surface area contributed by atoms with E-state index in [2.05, 4.69) is 9.97 Å². The van der Waals surface area contributed by atoms with E-state index in [0.29, 0.717) is 30.9 Å². The molecule has 0 bridgehead atoms. The first-order valence-electron chi connectivity index (χ1n) is 11.0. The predicted octanol–water partition coefficient (Wildman–Crippen LogP) is 4.19. The first kappa shape index (κ1) is 24.8. The number of nitrogens with zero attached hydrogens (tertiary/aromatic N) is 4. The number of aromatic nitrogens is 3. The molecule has 2 aromatic heterocycles. The molecule has 0 atom stereocenters. The molecular formula is C24H26F2N4O4S. The number of hydrogen-bond acceptors (Lipinski definition) is 6. The Morgan fingerprint density at radius 1 is 1.20 bits per heavy atom. The zero-order valence-electron chi connectivity index (χ0n) is 19.9. The molecule has 1 aliphatic rings. The third kappa shape index (κ3) is 5.34. The lowest BCUT2D eigenvalue weighted by atomic mass is 10.1. The normalized spacial score (nSPS) is 14.8. The second kappa shape index (κ2) is 9.03. The summed E-state index contributed by atoms with van der Waals surface area (Å²) in [5.74, 6) is -2.24. The second-order valence-electron chi connectivity index (χ2n) is 9.45. The van der Waals surface area contributed by atoms with Crippen LogP contribution in [0, 0.1) is 11.6 Å². The third-order valence-corrected chi connectivity index (χ3v) is 6.64. The van der Waals surface area contributed by atoms with Gasteiger partial charge in [-0.2, -0.15) is 0 Å². The highest BCUT2D eigenvalue weighted by atomic mass is 32.2. The number of hydrogen-bond donors (Lipinski definition) is 0. The van der Waals surface area contributed by atoms with Gasteiger partial charge in [0.25, 0.3) is 0 Å². The van der Waals surface area contributed by atoms with Gasteiger partial charge in [-0.3, -0.25) is 9.97 Å². The fourth-order valence-corrected chi connectivity index (χ4v) is 4.74. The zero-order valence-corrected chi connectivity index (χ0v) is 20.7. The number of halogens is 2. The number of amides is 1. The Kier molecular flexibility index (Phi) is 6.39. The predicted molar refractivity (Wildman–Crippen MR) is 126 cm³/mol. The summed E-state index contributed by atoms with van der Waals surface area (Å²) in [7, 11) is -4.05. The number of rotatable bonds is 4. The lowest BCUT2D eigenvalue weighted by Gasteiger charge is -2.29. The minimum Gasteiger partial charge on any atom is -0.444 e. The van der Waals surface area contributed by atoms with Gasteiger partial charge in [0.2, 0.25) is 0 Å². The van der Waals surface area contributed by atoms with Crippen LogP contribution in [0.3, 0.4) is 0 Å². The van der Waals surface area contributed by atoms with Gasteiger partial charge in [-0.25, -0.2) is 22.0 Å². The third-order valence-electron chi connectivity index (χ3n) is 5.52. The first-order valence-corrected chi connectivity index (χ1v) is 12.9. The van der Waals surface area contributed by atoms with E-state index in [1.54, 1.807) is 28.1 Å². The highest BCUT2D eigenvalue weighted by molar-refractivity contribution is 7.90. The van der Waals surface area contributed by atoms with Crippen LogP contribution in [-0.2, 0) is 21.1 Å². The fourth-order valence-electron chi connectivity index (χ4n) is 3.89. The molecule has 0 saturated heterocycles. The van der Waals surface area contributed by atoms with E-state index in [4.69, 9.17) is 4.74 Å². The van der Waals surface area contributed by atoms with Crippen LogP contribution in [0.4, 0.5) is 13.6 Å². The van der Waals surface area contributed by atoms with Crippen LogP contribution in [-0.4, -0.2) is 58.9 Å². The average Bonchev–Trinajstić information content (AvgIpc) is 3.15. The van der Waals surface area contributed by atoms with E-state index >= 15 is 0 Å². The molecular weight excluding hydrogens is 478 g/mol. The van der Waals surface area contributed by atoms with E-state index in [-0.39, 0.29) is 23.5 Å². The molecule has 0 fully saturated rings. The van der Waals surface area contributed by atoms with E-state index in [1.807, 2.05) is 26.8 Å². The Hall–Kier alpha value is -3.34. The number of carbonyl (C=O) groups excluding carboxylic acids is 1. The number of benzene rings is 1. The van der Waals surface area contributed by atoms with Crippen LogP contribution in [0.5, 0.6) is 0 Å². The quantitative estimate of drug-likeness (QED) is 0.529. The second-order valence-corrected chi connectivity index (χ2v) is 11.4. The summed E-state index contributed by atoms with van der Waals surface area (Å²) < 4.78 is 59.6. The van der Waals surface area contributed by atoms with Crippen LogP contribution in [0.2, 0.25) is 0 Å². The molecule has 4 rings (SSSR count). The van der Waals surface area contributed by atoms with Crippen LogP contribution in [0.1, 0.15) is 38.6 Å². The molecule has 186 valence electrons. The molecule has 0 spiro atoms. The van der Waals surface area contributed by atoms with Gasteiger partial charge in [-0.15, -0.1) is 0 Å². The molecule has 1 amide bonds. The van der Waals surface area contributed by atoms with Crippen molar-refractivity contribution in [3.63, 3.8) is 0 Å². The van der Waals surface area contributed by atoms with E-state index in [1.165, 1.54) is 6.07 Å². The molecule has 0 aliphatic carbocycles. The summed E-state index contributed by atoms with van der Waals surface area (Å²) in [6.45, 7) is 6.58. The maximum atomic E-state index is 14.7. The van der Waals surface area contributed by atoms with Gasteiger partial charge in [0.05, 0.1) is 35.8 Å². The van der Waals surface area contributed by atoms with Crippen molar-refractivity contribution in [3.8, 4) is 0 Å². The Labute approximate surface area is 202 Å². The fraction of sp³-hybridized carbons (Fsp3) is 0.375. The van der Waals surface area contributed by atoms with Gasteiger partial charge in [0.1, 0.15) is 16.3 Å². The summed E-state index contributed by atoms with van der Waals surface area (Å²) >= 11 is 0. The van der Waals surface area contributed by atoms with Crippen molar-refractivity contribution in [1.82, 2.24) is 19.4 Å². The van der Waals surface area contributed by atoms with Crippen LogP contribution < -0.4 is 0 Å². The van der Waals surface area contributed by atoms with Crippen molar-refractivity contribution in [3.05, 3.63) is 59.8 Å². The van der Waals surface area contributed by atoms with Crippen molar-refractivity contribution in [2.45, 2.75) is 44.2 Å². The standard InChI is InChI=1S/C24H26F2N4O4S/c1-24(2,3)34-23(31)29-8-5-15(6-9-29)19-13-27-16(12-28-19)14-30-10-7-17-20(30)11-18(25)22(21(17)26)35(4,32)33/h5,7,10-13H,6,8-9,14H2,1-4H3. The molecule has 35 heavy (non-hydrogen) atoms. The van der Waals surface area contributed by atoms with Crippen molar-refractivity contribution < 1.29 is 26.7 Å². The average molecular weight is 505 g/mol. The van der Waals surface area contributed by atoms with Gasteiger partial charge < -0.3 is 14.2 Å². The monoisotopic (exact) mass is 504 g/mol. The summed E-state index contributed by atoms with van der Waals surface area (Å²) in [5, 5.41) is 0.0123. The van der Waals surface area contributed by atoms with Gasteiger partial charge in [0, 0.05) is 30.9 Å². The van der Waals surface area contributed by atoms with Crippen LogP contribution in [0.25, 0.3) is 16.5 Å². The van der Waals surface area contributed by atoms with E-state index < -0.39 is 32.0 Å². The summed E-state index contributed by atoms with van der Waals surface area (Å²) in [6, 6.07) is 2.42. The van der Waals surface area contributed by atoms with Crippen molar-refractivity contribution in [2.24, 2.45) is 0 Å². The van der Waals surface area contributed by atoms with Gasteiger partial charge in [0.15, 0.2) is 15.7 Å². The summed E-state index contributed by atoms with van der Waals surface area (Å²) in [5.41, 5.74) is 1.88. The number of sulfone groups is 1. The minimum atomic E-state index is -4.05. The minimum absolute atomic E-state index is 0.0123. The van der Waals surface area contributed by atoms with Crippen LogP contribution in [0.15, 0.2) is 41.7 Å². The van der Waals surface area contributed by atoms with Gasteiger partial charge >= 0.3 is 6.09 Å². The van der Waals surface area contributed by atoms with Crippen LogP contribution >= 0.6 is 0 Å². The summed E-state index contributed by atoms with van der Waals surface area (Å²) in [4.78, 5) is 21.8. The van der Waals surface area contributed by atoms with Gasteiger partial charge in [-0.05, 0) is 44.9 Å². The van der Waals surface area contributed by atoms with Crippen molar-refractivity contribution in [1.29, 1.82) is 0 Å². The Morgan fingerprint density at radius 3 is 2.51 bits per heavy atom. The highest BCUT2D eigenvalue weighted by Crippen LogP contribution is 2.29. The molecule has 3 heterocycles. The zero-order chi connectivity index (χ0) is 25.5. The van der Waals surface area contributed by atoms with Crippen molar-refractivity contribution >= 4 is 32.4 Å². The maximum absolute atomic E-state index is 14.7. The number of ether oxygens (including phenoxy) is 1. The highest BCUT2D eigenvalue weighted by Gasteiger charge is 2.25. The smallest absolute Gasteiger partial charge is 0.410 e. The molecule has 0 radical (unpaired) electrons. The molecule has 11 heteroatoms. The molecule has 8 nitrogen and oxygen atoms in total. The lowest BCUT2D eigenvalue weighted by Crippen LogP contribution is -2.39. The van der Waals surface area contributed by atoms with E-state index in [0.717, 1.165) is 17.9 Å². The Bertz CT molecular complexity index is 1420. The number of fused-ring (bicyclic) bond motifs is 1. The lowest BCUT2D eigenvalue weighted by molar-refractivity contribution is 0.0270. The molecule has 0 N–H and O–H groups in total. The molecule has 0 saturated carbocycles. The SMILES string of the molecule is CC(C)(C)OC(=O)N1CC=C(c2cnc(Cn3ccc4c(F)c(S(C)(=O)=O)c(F)cc43)cn2)CC1. The van der Waals surface area contributed by atoms with Gasteiger partial charge in [-0.1, -0.05) is 6.08 Å². The molecule has 3 aromatic rings. The summed E-state index contributed by atoms with van der Waals surface area (Å²) in [6.07, 6.45) is 7.69. The maximum Gasteiger partial charge on any atom is 0.410 e. The number of carbonyl (C=O) groups is 1. The molecule has 0 unspecified atom stereocenters. The Morgan fingerprint density at radius 2 is 1.94 bits per heavy atom. The molecule has 1 aliphatic heterocycles. The molecule has 1 aromatic carbocycles. The first-order chi connectivity index (χ1) is 16.3. The Balaban J connectivity index is 1.49. The van der Waals surface area contributed by atoms with E-state index in [9.17, 15) is 22.0 Å².